The highest BCUT2D eigenvalue weighted by Gasteiger charge is 2.36. The van der Waals surface area contributed by atoms with Gasteiger partial charge in [0.05, 0.1) is 12.2 Å². The van der Waals surface area contributed by atoms with E-state index in [1.165, 1.54) is 0 Å². The predicted molar refractivity (Wildman–Crippen MR) is 65.9 cm³/mol. The Labute approximate surface area is 107 Å². The summed E-state index contributed by atoms with van der Waals surface area (Å²) in [5.74, 6) is 0.166. The Hall–Kier alpha value is -1.36. The van der Waals surface area contributed by atoms with Crippen LogP contribution in [0.1, 0.15) is 37.3 Å². The van der Waals surface area contributed by atoms with Crippen LogP contribution in [0.15, 0.2) is 12.4 Å². The van der Waals surface area contributed by atoms with E-state index in [-0.39, 0.29) is 18.1 Å². The van der Waals surface area contributed by atoms with Crippen LogP contribution in [-0.4, -0.2) is 39.8 Å². The van der Waals surface area contributed by atoms with Crippen LogP contribution < -0.4 is 0 Å². The maximum Gasteiger partial charge on any atom is 0.252 e. The predicted octanol–water partition coefficient (Wildman–Crippen LogP) is 1.26. The molecule has 3 heterocycles. The molecule has 2 fully saturated rings. The Kier molecular flexibility index (Phi) is 3.07. The molecule has 18 heavy (non-hydrogen) atoms. The van der Waals surface area contributed by atoms with Crippen molar-refractivity contribution in [1.82, 2.24) is 14.7 Å². The minimum Gasteiger partial charge on any atom is -0.368 e. The number of carbonyl (C=O) groups is 1. The third-order valence-electron chi connectivity index (χ3n) is 3.85. The van der Waals surface area contributed by atoms with Crippen LogP contribution in [0.25, 0.3) is 0 Å². The summed E-state index contributed by atoms with van der Waals surface area (Å²) in [5, 5.41) is 4.20. The molecule has 98 valence electrons. The zero-order valence-electron chi connectivity index (χ0n) is 10.7. The molecule has 0 saturated carbocycles. The molecule has 0 unspecified atom stereocenters. The molecule has 2 aliphatic rings. The summed E-state index contributed by atoms with van der Waals surface area (Å²) >= 11 is 0. The summed E-state index contributed by atoms with van der Waals surface area (Å²) in [5.41, 5.74) is 1.14. The topological polar surface area (TPSA) is 47.4 Å². The normalized spacial score (nSPS) is 27.9. The van der Waals surface area contributed by atoms with Gasteiger partial charge in [-0.25, -0.2) is 0 Å². The molecule has 2 saturated heterocycles. The fourth-order valence-electron chi connectivity index (χ4n) is 2.95. The van der Waals surface area contributed by atoms with E-state index in [9.17, 15) is 4.79 Å². The standard InChI is InChI=1S/C13H19N3O2/c1-15-9-10(8-14-15)11-4-2-6-16(11)13(17)12-5-3-7-18-12/h8-9,11-12H,2-7H2,1H3/t11-,12-/m0/s1. The van der Waals surface area contributed by atoms with Gasteiger partial charge in [-0.3, -0.25) is 9.48 Å². The number of likely N-dealkylation sites (tertiary alicyclic amines) is 1. The molecule has 0 radical (unpaired) electrons. The van der Waals surface area contributed by atoms with Crippen molar-refractivity contribution in [2.75, 3.05) is 13.2 Å². The molecule has 5 nitrogen and oxygen atoms in total. The van der Waals surface area contributed by atoms with E-state index in [0.717, 1.165) is 44.4 Å². The SMILES string of the molecule is Cn1cc([C@@H]2CCCN2C(=O)[C@@H]2CCCO2)cn1. The number of aryl methyl sites for hydroxylation is 1. The summed E-state index contributed by atoms with van der Waals surface area (Å²) in [7, 11) is 1.91. The molecule has 2 atom stereocenters. The van der Waals surface area contributed by atoms with Gasteiger partial charge in [-0.1, -0.05) is 0 Å². The van der Waals surface area contributed by atoms with Gasteiger partial charge in [0.1, 0.15) is 6.10 Å². The monoisotopic (exact) mass is 249 g/mol. The first kappa shape index (κ1) is 11.7. The van der Waals surface area contributed by atoms with Gasteiger partial charge in [0, 0.05) is 32.0 Å². The zero-order chi connectivity index (χ0) is 12.5. The first-order chi connectivity index (χ1) is 8.75. The van der Waals surface area contributed by atoms with Gasteiger partial charge in [-0.05, 0) is 25.7 Å². The highest BCUT2D eigenvalue weighted by molar-refractivity contribution is 5.81. The molecule has 0 aliphatic carbocycles. The molecule has 0 spiro atoms. The average molecular weight is 249 g/mol. The number of hydrogen-bond donors (Lipinski definition) is 0. The van der Waals surface area contributed by atoms with E-state index in [2.05, 4.69) is 5.10 Å². The lowest BCUT2D eigenvalue weighted by molar-refractivity contribution is -0.141. The first-order valence-corrected chi connectivity index (χ1v) is 6.66. The summed E-state index contributed by atoms with van der Waals surface area (Å²) in [6, 6.07) is 0.190. The Bertz CT molecular complexity index is 437. The van der Waals surface area contributed by atoms with Crippen LogP contribution in [0.5, 0.6) is 0 Å². The molecular weight excluding hydrogens is 230 g/mol. The van der Waals surface area contributed by atoms with Gasteiger partial charge in [-0.2, -0.15) is 5.10 Å². The van der Waals surface area contributed by atoms with Crippen LogP contribution in [-0.2, 0) is 16.6 Å². The second kappa shape index (κ2) is 4.72. The van der Waals surface area contributed by atoms with Crippen LogP contribution in [0.3, 0.4) is 0 Å². The van der Waals surface area contributed by atoms with Crippen molar-refractivity contribution in [3.63, 3.8) is 0 Å². The maximum atomic E-state index is 12.4. The third kappa shape index (κ3) is 2.03. The fourth-order valence-corrected chi connectivity index (χ4v) is 2.95. The second-order valence-corrected chi connectivity index (χ2v) is 5.14. The molecule has 1 aromatic rings. The average Bonchev–Trinajstić information content (AvgIpc) is 3.09. The lowest BCUT2D eigenvalue weighted by Crippen LogP contribution is -2.38. The Morgan fingerprint density at radius 3 is 3.00 bits per heavy atom. The van der Waals surface area contributed by atoms with Gasteiger partial charge in [0.2, 0.25) is 0 Å². The van der Waals surface area contributed by atoms with Gasteiger partial charge in [0.15, 0.2) is 0 Å². The summed E-state index contributed by atoms with van der Waals surface area (Å²) in [4.78, 5) is 14.4. The Balaban J connectivity index is 1.76. The number of hydrogen-bond acceptors (Lipinski definition) is 3. The molecule has 2 aliphatic heterocycles. The van der Waals surface area contributed by atoms with Crippen LogP contribution >= 0.6 is 0 Å². The summed E-state index contributed by atoms with van der Waals surface area (Å²) in [6.45, 7) is 1.57. The molecule has 1 aromatic heterocycles. The molecule has 0 aromatic carbocycles. The van der Waals surface area contributed by atoms with Gasteiger partial charge >= 0.3 is 0 Å². The highest BCUT2D eigenvalue weighted by Crippen LogP contribution is 2.33. The zero-order valence-corrected chi connectivity index (χ0v) is 10.7. The number of aromatic nitrogens is 2. The highest BCUT2D eigenvalue weighted by atomic mass is 16.5. The van der Waals surface area contributed by atoms with Crippen LogP contribution in [0.4, 0.5) is 0 Å². The second-order valence-electron chi connectivity index (χ2n) is 5.14. The third-order valence-corrected chi connectivity index (χ3v) is 3.85. The van der Waals surface area contributed by atoms with Crippen molar-refractivity contribution in [3.8, 4) is 0 Å². The van der Waals surface area contributed by atoms with Gasteiger partial charge in [-0.15, -0.1) is 0 Å². The van der Waals surface area contributed by atoms with Crippen molar-refractivity contribution < 1.29 is 9.53 Å². The minimum absolute atomic E-state index is 0.166. The van der Waals surface area contributed by atoms with Gasteiger partial charge < -0.3 is 9.64 Å². The molecule has 1 amide bonds. The van der Waals surface area contributed by atoms with E-state index in [0.29, 0.717) is 0 Å². The van der Waals surface area contributed by atoms with E-state index in [1.807, 2.05) is 24.3 Å². The largest absolute Gasteiger partial charge is 0.368 e. The lowest BCUT2D eigenvalue weighted by atomic mass is 10.1. The van der Waals surface area contributed by atoms with E-state index >= 15 is 0 Å². The molecule has 0 bridgehead atoms. The van der Waals surface area contributed by atoms with Crippen molar-refractivity contribution in [2.45, 2.75) is 37.8 Å². The van der Waals surface area contributed by atoms with Crippen molar-refractivity contribution in [3.05, 3.63) is 18.0 Å². The number of ether oxygens (including phenoxy) is 1. The molecule has 3 rings (SSSR count). The van der Waals surface area contributed by atoms with Crippen molar-refractivity contribution in [1.29, 1.82) is 0 Å². The van der Waals surface area contributed by atoms with Crippen LogP contribution in [0, 0.1) is 0 Å². The minimum atomic E-state index is -0.206. The maximum absolute atomic E-state index is 12.4. The van der Waals surface area contributed by atoms with Crippen molar-refractivity contribution in [2.24, 2.45) is 7.05 Å². The summed E-state index contributed by atoms with van der Waals surface area (Å²) < 4.78 is 7.30. The lowest BCUT2D eigenvalue weighted by Gasteiger charge is -2.26. The number of amides is 1. The summed E-state index contributed by atoms with van der Waals surface area (Å²) in [6.07, 6.45) is 7.64. The fraction of sp³-hybridized carbons (Fsp3) is 0.692. The smallest absolute Gasteiger partial charge is 0.252 e. The van der Waals surface area contributed by atoms with Crippen molar-refractivity contribution >= 4 is 5.91 Å². The van der Waals surface area contributed by atoms with Crippen LogP contribution in [0.2, 0.25) is 0 Å². The van der Waals surface area contributed by atoms with E-state index in [1.54, 1.807) is 4.68 Å². The Morgan fingerprint density at radius 2 is 2.33 bits per heavy atom. The quantitative estimate of drug-likeness (QED) is 0.793. The van der Waals surface area contributed by atoms with E-state index < -0.39 is 0 Å². The Morgan fingerprint density at radius 1 is 1.44 bits per heavy atom. The number of carbonyl (C=O) groups excluding carboxylic acids is 1. The molecule has 5 heteroatoms. The molecule has 0 N–H and O–H groups in total. The number of rotatable bonds is 2. The first-order valence-electron chi connectivity index (χ1n) is 6.66. The molecular formula is C13H19N3O2. The van der Waals surface area contributed by atoms with Gasteiger partial charge in [0.25, 0.3) is 5.91 Å². The number of nitrogens with zero attached hydrogens (tertiary/aromatic N) is 3. The van der Waals surface area contributed by atoms with E-state index in [4.69, 9.17) is 4.74 Å².